The summed E-state index contributed by atoms with van der Waals surface area (Å²) in [5.74, 6) is 0.447. The van der Waals surface area contributed by atoms with Gasteiger partial charge in [-0.05, 0) is 45.7 Å². The largest absolute Gasteiger partial charge is 0.478 e. The van der Waals surface area contributed by atoms with Gasteiger partial charge in [0.2, 0.25) is 0 Å². The summed E-state index contributed by atoms with van der Waals surface area (Å²) >= 11 is 0. The molecule has 3 nitrogen and oxygen atoms in total. The Balaban J connectivity index is 2.85. The van der Waals surface area contributed by atoms with E-state index in [1.807, 2.05) is 32.9 Å². The highest BCUT2D eigenvalue weighted by Crippen LogP contribution is 2.25. The van der Waals surface area contributed by atoms with Crippen LogP contribution in [-0.4, -0.2) is 18.7 Å². The first-order chi connectivity index (χ1) is 7.95. The van der Waals surface area contributed by atoms with Crippen molar-refractivity contribution in [2.45, 2.75) is 40.7 Å². The molecule has 0 bridgehead atoms. The zero-order chi connectivity index (χ0) is 13.0. The van der Waals surface area contributed by atoms with Crippen molar-refractivity contribution in [3.63, 3.8) is 0 Å². The molecule has 0 unspecified atom stereocenters. The van der Waals surface area contributed by atoms with Crippen molar-refractivity contribution in [2.75, 3.05) is 6.61 Å². The number of carbonyl (C=O) groups excluding carboxylic acids is 1. The summed E-state index contributed by atoms with van der Waals surface area (Å²) in [6.07, 6.45) is -0.574. The van der Waals surface area contributed by atoms with Crippen LogP contribution in [0, 0.1) is 20.8 Å². The molecule has 94 valence electrons. The van der Waals surface area contributed by atoms with Crippen molar-refractivity contribution >= 4 is 5.97 Å². The van der Waals surface area contributed by atoms with E-state index in [1.165, 1.54) is 5.56 Å². The van der Waals surface area contributed by atoms with Gasteiger partial charge in [-0.15, -0.1) is 0 Å². The lowest BCUT2D eigenvalue weighted by molar-refractivity contribution is -0.150. The smallest absolute Gasteiger partial charge is 0.347 e. The minimum Gasteiger partial charge on any atom is -0.478 e. The predicted octanol–water partition coefficient (Wildman–Crippen LogP) is 2.94. The van der Waals surface area contributed by atoms with E-state index in [2.05, 4.69) is 0 Å². The van der Waals surface area contributed by atoms with Gasteiger partial charge in [0, 0.05) is 0 Å². The van der Waals surface area contributed by atoms with Crippen LogP contribution in [0.5, 0.6) is 5.75 Å². The second kappa shape index (κ2) is 5.71. The number of hydrogen-bond acceptors (Lipinski definition) is 3. The maximum atomic E-state index is 11.5. The van der Waals surface area contributed by atoms with Crippen LogP contribution in [0.1, 0.15) is 30.5 Å². The zero-order valence-corrected chi connectivity index (χ0v) is 11.2. The molecule has 0 heterocycles. The Kier molecular flexibility index (Phi) is 4.55. The molecule has 0 spiro atoms. The first kappa shape index (κ1) is 13.6. The number of carbonyl (C=O) groups is 1. The van der Waals surface area contributed by atoms with Gasteiger partial charge in [0.05, 0.1) is 6.61 Å². The fourth-order valence-corrected chi connectivity index (χ4v) is 1.84. The molecule has 1 aromatic rings. The Morgan fingerprint density at radius 1 is 1.24 bits per heavy atom. The highest BCUT2D eigenvalue weighted by Gasteiger charge is 2.17. The maximum Gasteiger partial charge on any atom is 0.347 e. The van der Waals surface area contributed by atoms with Crippen LogP contribution in [-0.2, 0) is 9.53 Å². The van der Waals surface area contributed by atoms with Gasteiger partial charge in [0.1, 0.15) is 5.75 Å². The summed E-state index contributed by atoms with van der Waals surface area (Å²) in [5.41, 5.74) is 3.27. The van der Waals surface area contributed by atoms with Crippen molar-refractivity contribution < 1.29 is 14.3 Å². The first-order valence-electron chi connectivity index (χ1n) is 5.86. The van der Waals surface area contributed by atoms with E-state index in [4.69, 9.17) is 9.47 Å². The van der Waals surface area contributed by atoms with Gasteiger partial charge in [-0.25, -0.2) is 4.79 Å². The average molecular weight is 236 g/mol. The van der Waals surface area contributed by atoms with E-state index < -0.39 is 6.10 Å². The fraction of sp³-hybridized carbons (Fsp3) is 0.500. The molecule has 0 saturated carbocycles. The number of rotatable bonds is 4. The minimum atomic E-state index is -0.574. The highest BCUT2D eigenvalue weighted by atomic mass is 16.6. The predicted molar refractivity (Wildman–Crippen MR) is 67.4 cm³/mol. The van der Waals surface area contributed by atoms with Gasteiger partial charge in [-0.1, -0.05) is 17.7 Å². The van der Waals surface area contributed by atoms with Crippen molar-refractivity contribution in [3.8, 4) is 5.75 Å². The molecular weight excluding hydrogens is 216 g/mol. The van der Waals surface area contributed by atoms with Crippen molar-refractivity contribution in [1.29, 1.82) is 0 Å². The van der Waals surface area contributed by atoms with E-state index in [9.17, 15) is 4.79 Å². The molecule has 17 heavy (non-hydrogen) atoms. The Morgan fingerprint density at radius 2 is 1.76 bits per heavy atom. The van der Waals surface area contributed by atoms with Gasteiger partial charge in [0.15, 0.2) is 6.10 Å². The van der Waals surface area contributed by atoms with Crippen LogP contribution in [0.3, 0.4) is 0 Å². The lowest BCUT2D eigenvalue weighted by Gasteiger charge is -2.17. The molecule has 0 aromatic heterocycles. The third kappa shape index (κ3) is 3.48. The first-order valence-corrected chi connectivity index (χ1v) is 5.86. The quantitative estimate of drug-likeness (QED) is 0.754. The Morgan fingerprint density at radius 3 is 2.24 bits per heavy atom. The topological polar surface area (TPSA) is 35.5 Å². The molecule has 0 amide bonds. The number of benzene rings is 1. The molecule has 1 aromatic carbocycles. The molecule has 0 radical (unpaired) electrons. The van der Waals surface area contributed by atoms with E-state index in [0.717, 1.165) is 16.9 Å². The van der Waals surface area contributed by atoms with Crippen LogP contribution in [0.15, 0.2) is 12.1 Å². The summed E-state index contributed by atoms with van der Waals surface area (Å²) in [4.78, 5) is 11.5. The second-order valence-corrected chi connectivity index (χ2v) is 4.24. The molecular formula is C14H20O3. The lowest BCUT2D eigenvalue weighted by atomic mass is 10.1. The summed E-state index contributed by atoms with van der Waals surface area (Å²) < 4.78 is 10.6. The minimum absolute atomic E-state index is 0.327. The normalized spacial score (nSPS) is 12.1. The van der Waals surface area contributed by atoms with E-state index in [0.29, 0.717) is 6.61 Å². The number of ether oxygens (including phenoxy) is 2. The standard InChI is InChI=1S/C14H20O3/c1-6-16-14(15)12(5)17-13-10(3)7-9(2)8-11(13)4/h7-8,12H,6H2,1-5H3/t12-/m1/s1. The van der Waals surface area contributed by atoms with Crippen LogP contribution < -0.4 is 4.74 Å². The molecule has 1 rings (SSSR count). The summed E-state index contributed by atoms with van der Waals surface area (Å²) in [6, 6.07) is 4.08. The van der Waals surface area contributed by atoms with Gasteiger partial charge in [0.25, 0.3) is 0 Å². The highest BCUT2D eigenvalue weighted by molar-refractivity contribution is 5.74. The third-order valence-electron chi connectivity index (χ3n) is 2.52. The zero-order valence-electron chi connectivity index (χ0n) is 11.2. The van der Waals surface area contributed by atoms with Gasteiger partial charge >= 0.3 is 5.97 Å². The van der Waals surface area contributed by atoms with E-state index >= 15 is 0 Å². The van der Waals surface area contributed by atoms with E-state index in [-0.39, 0.29) is 5.97 Å². The Bertz CT molecular complexity index is 387. The second-order valence-electron chi connectivity index (χ2n) is 4.24. The molecule has 0 saturated heterocycles. The maximum absolute atomic E-state index is 11.5. The van der Waals surface area contributed by atoms with Crippen LogP contribution in [0.25, 0.3) is 0 Å². The monoisotopic (exact) mass is 236 g/mol. The molecule has 0 N–H and O–H groups in total. The summed E-state index contributed by atoms with van der Waals surface area (Å²) in [7, 11) is 0. The number of esters is 1. The number of hydrogen-bond donors (Lipinski definition) is 0. The summed E-state index contributed by atoms with van der Waals surface area (Å²) in [5, 5.41) is 0. The van der Waals surface area contributed by atoms with Gasteiger partial charge in [-0.3, -0.25) is 0 Å². The molecule has 0 aliphatic heterocycles. The Hall–Kier alpha value is -1.51. The van der Waals surface area contributed by atoms with Gasteiger partial charge < -0.3 is 9.47 Å². The average Bonchev–Trinajstić information content (AvgIpc) is 2.23. The third-order valence-corrected chi connectivity index (χ3v) is 2.52. The molecule has 0 fully saturated rings. The van der Waals surface area contributed by atoms with Crippen LogP contribution in [0.2, 0.25) is 0 Å². The van der Waals surface area contributed by atoms with Crippen molar-refractivity contribution in [3.05, 3.63) is 28.8 Å². The fourth-order valence-electron chi connectivity index (χ4n) is 1.84. The lowest BCUT2D eigenvalue weighted by Crippen LogP contribution is -2.26. The molecule has 3 heteroatoms. The van der Waals surface area contributed by atoms with E-state index in [1.54, 1.807) is 13.8 Å². The number of aryl methyl sites for hydroxylation is 3. The molecule has 1 atom stereocenters. The SMILES string of the molecule is CCOC(=O)[C@@H](C)Oc1c(C)cc(C)cc1C. The van der Waals surface area contributed by atoms with Gasteiger partial charge in [-0.2, -0.15) is 0 Å². The van der Waals surface area contributed by atoms with Crippen LogP contribution in [0.4, 0.5) is 0 Å². The van der Waals surface area contributed by atoms with Crippen LogP contribution >= 0.6 is 0 Å². The molecule has 0 aliphatic carbocycles. The Labute approximate surface area is 103 Å². The summed E-state index contributed by atoms with van der Waals surface area (Å²) in [6.45, 7) is 9.86. The van der Waals surface area contributed by atoms with Crippen molar-refractivity contribution in [1.82, 2.24) is 0 Å². The van der Waals surface area contributed by atoms with Crippen molar-refractivity contribution in [2.24, 2.45) is 0 Å². The molecule has 0 aliphatic rings.